The predicted octanol–water partition coefficient (Wildman–Crippen LogP) is -1.54. The van der Waals surface area contributed by atoms with Crippen LogP contribution in [0.3, 0.4) is 0 Å². The Bertz CT molecular complexity index is 185. The van der Waals surface area contributed by atoms with E-state index in [1.807, 2.05) is 0 Å². The number of carboxylic acids is 1. The van der Waals surface area contributed by atoms with Gasteiger partial charge in [-0.05, 0) is 13.5 Å². The molecule has 0 aromatic rings. The van der Waals surface area contributed by atoms with Crippen molar-refractivity contribution >= 4 is 11.9 Å². The normalized spacial score (nSPS) is 12.1. The zero-order valence-electron chi connectivity index (χ0n) is 7.33. The monoisotopic (exact) mass is 190 g/mol. The quantitative estimate of drug-likeness (QED) is 0.150. The van der Waals surface area contributed by atoms with Gasteiger partial charge in [0.2, 0.25) is 5.96 Å². The van der Waals surface area contributed by atoms with Gasteiger partial charge in [0.1, 0.15) is 6.04 Å². The minimum Gasteiger partial charge on any atom is -0.480 e. The van der Waals surface area contributed by atoms with E-state index in [4.69, 9.17) is 16.2 Å². The molecule has 6 N–H and O–H groups in total. The molecule has 0 radical (unpaired) electrons. The molecule has 0 saturated heterocycles. The van der Waals surface area contributed by atoms with Crippen molar-refractivity contribution in [3.05, 3.63) is 0 Å². The molecule has 0 aliphatic rings. The third kappa shape index (κ3) is 5.88. The van der Waals surface area contributed by atoms with Crippen molar-refractivity contribution in [1.29, 1.82) is 5.41 Å². The molecule has 13 heavy (non-hydrogen) atoms. The van der Waals surface area contributed by atoms with Crippen molar-refractivity contribution in [2.75, 3.05) is 13.7 Å². The Kier molecular flexibility index (Phi) is 5.57. The fourth-order valence-electron chi connectivity index (χ4n) is 0.697. The van der Waals surface area contributed by atoms with Gasteiger partial charge in [-0.1, -0.05) is 0 Å². The summed E-state index contributed by atoms with van der Waals surface area (Å²) in [6.07, 6.45) is 0.298. The topological polar surface area (TPSA) is 120 Å². The highest BCUT2D eigenvalue weighted by Crippen LogP contribution is 1.90. The number of carboxylic acid groups (broad SMARTS) is 1. The fraction of sp³-hybridized carbons (Fsp3) is 0.667. The van der Waals surface area contributed by atoms with Crippen molar-refractivity contribution in [2.24, 2.45) is 5.73 Å². The summed E-state index contributed by atoms with van der Waals surface area (Å²) in [5, 5.41) is 17.9. The average Bonchev–Trinajstić information content (AvgIpc) is 2.03. The fourth-order valence-corrected chi connectivity index (χ4v) is 0.697. The summed E-state index contributed by atoms with van der Waals surface area (Å²) >= 11 is 0. The molecular weight excluding hydrogens is 176 g/mol. The third-order valence-electron chi connectivity index (χ3n) is 1.34. The molecule has 0 fully saturated rings. The summed E-state index contributed by atoms with van der Waals surface area (Å²) < 4.78 is 0. The molecule has 0 bridgehead atoms. The largest absolute Gasteiger partial charge is 0.480 e. The van der Waals surface area contributed by atoms with Gasteiger partial charge in [-0.25, -0.2) is 5.48 Å². The van der Waals surface area contributed by atoms with Gasteiger partial charge >= 0.3 is 5.97 Å². The maximum absolute atomic E-state index is 10.5. The molecule has 0 heterocycles. The van der Waals surface area contributed by atoms with E-state index in [1.54, 1.807) is 7.05 Å². The van der Waals surface area contributed by atoms with Crippen LogP contribution in [0.4, 0.5) is 0 Å². The van der Waals surface area contributed by atoms with E-state index in [2.05, 4.69) is 15.6 Å². The Balaban J connectivity index is 3.50. The second-order valence-electron chi connectivity index (χ2n) is 2.33. The van der Waals surface area contributed by atoms with E-state index in [9.17, 15) is 4.79 Å². The zero-order valence-corrected chi connectivity index (χ0v) is 7.33. The predicted molar refractivity (Wildman–Crippen MR) is 46.1 cm³/mol. The molecule has 0 rings (SSSR count). The first kappa shape index (κ1) is 11.7. The molecule has 7 heteroatoms. The smallest absolute Gasteiger partial charge is 0.320 e. The molecule has 0 aliphatic heterocycles. The van der Waals surface area contributed by atoms with E-state index in [-0.39, 0.29) is 12.6 Å². The molecular formula is C6H14N4O3. The van der Waals surface area contributed by atoms with Crippen LogP contribution in [0.25, 0.3) is 0 Å². The number of carbonyl (C=O) groups is 1. The minimum atomic E-state index is -0.936. The van der Waals surface area contributed by atoms with Crippen LogP contribution in [0, 0.1) is 5.41 Å². The van der Waals surface area contributed by atoms with Crippen LogP contribution >= 0.6 is 0 Å². The van der Waals surface area contributed by atoms with Gasteiger partial charge in [0.15, 0.2) is 0 Å². The SMILES string of the molecule is CN[C@@H](CCONC(=N)N)C(=O)O. The van der Waals surface area contributed by atoms with Crippen LogP contribution < -0.4 is 16.5 Å². The summed E-state index contributed by atoms with van der Waals surface area (Å²) in [5.74, 6) is -1.25. The zero-order chi connectivity index (χ0) is 10.3. The van der Waals surface area contributed by atoms with Crippen LogP contribution in [-0.4, -0.2) is 36.7 Å². The van der Waals surface area contributed by atoms with E-state index in [0.717, 1.165) is 0 Å². The van der Waals surface area contributed by atoms with Gasteiger partial charge in [0, 0.05) is 0 Å². The first-order valence-corrected chi connectivity index (χ1v) is 3.69. The minimum absolute atomic E-state index is 0.164. The van der Waals surface area contributed by atoms with Crippen molar-refractivity contribution in [1.82, 2.24) is 10.8 Å². The lowest BCUT2D eigenvalue weighted by atomic mass is 10.2. The molecule has 0 aromatic carbocycles. The Morgan fingerprint density at radius 1 is 1.77 bits per heavy atom. The lowest BCUT2D eigenvalue weighted by Gasteiger charge is -2.10. The molecule has 0 saturated carbocycles. The van der Waals surface area contributed by atoms with Crippen LogP contribution in [0.5, 0.6) is 0 Å². The van der Waals surface area contributed by atoms with E-state index >= 15 is 0 Å². The van der Waals surface area contributed by atoms with Crippen LogP contribution in [0.1, 0.15) is 6.42 Å². The van der Waals surface area contributed by atoms with E-state index < -0.39 is 12.0 Å². The van der Waals surface area contributed by atoms with E-state index in [0.29, 0.717) is 6.42 Å². The van der Waals surface area contributed by atoms with Crippen LogP contribution in [0.2, 0.25) is 0 Å². The Hall–Kier alpha value is -1.34. The van der Waals surface area contributed by atoms with Gasteiger partial charge in [-0.3, -0.25) is 15.0 Å². The number of hydrogen-bond acceptors (Lipinski definition) is 4. The molecule has 0 amide bonds. The molecule has 0 aliphatic carbocycles. The number of nitrogens with one attached hydrogen (secondary N) is 3. The summed E-state index contributed by atoms with van der Waals surface area (Å²) in [5.41, 5.74) is 7.02. The summed E-state index contributed by atoms with van der Waals surface area (Å²) in [6, 6.07) is -0.645. The molecule has 1 atom stereocenters. The highest BCUT2D eigenvalue weighted by molar-refractivity contribution is 5.73. The second kappa shape index (κ2) is 6.21. The van der Waals surface area contributed by atoms with Crippen molar-refractivity contribution in [2.45, 2.75) is 12.5 Å². The van der Waals surface area contributed by atoms with Gasteiger partial charge in [-0.15, -0.1) is 0 Å². The Morgan fingerprint density at radius 2 is 2.38 bits per heavy atom. The number of hydroxylamine groups is 1. The Morgan fingerprint density at radius 3 is 2.77 bits per heavy atom. The maximum atomic E-state index is 10.5. The van der Waals surface area contributed by atoms with E-state index in [1.165, 1.54) is 0 Å². The van der Waals surface area contributed by atoms with Crippen molar-refractivity contribution in [3.8, 4) is 0 Å². The number of guanidine groups is 1. The first-order valence-electron chi connectivity index (χ1n) is 3.69. The molecule has 0 spiro atoms. The summed E-state index contributed by atoms with van der Waals surface area (Å²) in [4.78, 5) is 15.1. The lowest BCUT2D eigenvalue weighted by molar-refractivity contribution is -0.139. The van der Waals surface area contributed by atoms with Gasteiger partial charge in [0.25, 0.3) is 0 Å². The highest BCUT2D eigenvalue weighted by Gasteiger charge is 2.13. The second-order valence-corrected chi connectivity index (χ2v) is 2.33. The highest BCUT2D eigenvalue weighted by atomic mass is 16.6. The third-order valence-corrected chi connectivity index (χ3v) is 1.34. The summed E-state index contributed by atoms with van der Waals surface area (Å²) in [7, 11) is 1.55. The number of rotatable bonds is 6. The Labute approximate surface area is 75.7 Å². The lowest BCUT2D eigenvalue weighted by Crippen LogP contribution is -2.37. The van der Waals surface area contributed by atoms with Crippen LogP contribution in [0.15, 0.2) is 0 Å². The molecule has 76 valence electrons. The van der Waals surface area contributed by atoms with Crippen molar-refractivity contribution < 1.29 is 14.7 Å². The number of nitrogens with two attached hydrogens (primary N) is 1. The van der Waals surface area contributed by atoms with Gasteiger partial charge in [0.05, 0.1) is 6.61 Å². The molecule has 0 aromatic heterocycles. The van der Waals surface area contributed by atoms with Gasteiger partial charge < -0.3 is 16.2 Å². The number of aliphatic carboxylic acids is 1. The molecule has 0 unspecified atom stereocenters. The number of hydrogen-bond donors (Lipinski definition) is 5. The molecule has 7 nitrogen and oxygen atoms in total. The van der Waals surface area contributed by atoms with Crippen molar-refractivity contribution in [3.63, 3.8) is 0 Å². The maximum Gasteiger partial charge on any atom is 0.320 e. The number of likely N-dealkylation sites (N-methyl/N-ethyl adjacent to an activating group) is 1. The first-order chi connectivity index (χ1) is 6.07. The van der Waals surface area contributed by atoms with Crippen LogP contribution in [-0.2, 0) is 9.63 Å². The summed E-state index contributed by atoms with van der Waals surface area (Å²) in [6.45, 7) is 0.164. The standard InChI is InChI=1S/C6H14N4O3/c1-9-4(5(11)12)2-3-13-10-6(7)8/h4,9H,2-3H2,1H3,(H,11,12)(H4,7,8,10)/t4-/m0/s1. The van der Waals surface area contributed by atoms with Gasteiger partial charge in [-0.2, -0.15) is 0 Å². The average molecular weight is 190 g/mol.